The molecule has 0 amide bonds. The Morgan fingerprint density at radius 2 is 2.00 bits per heavy atom. The van der Waals surface area contributed by atoms with Crippen LogP contribution in [0.3, 0.4) is 0 Å². The molecule has 3 fully saturated rings. The predicted molar refractivity (Wildman–Crippen MR) is 93.5 cm³/mol. The Labute approximate surface area is 145 Å². The number of ether oxygens (including phenoxy) is 1. The zero-order chi connectivity index (χ0) is 17.2. The van der Waals surface area contributed by atoms with E-state index >= 15 is 0 Å². The number of rotatable bonds is 2. The molecule has 1 N–H and O–H groups in total. The average molecular weight is 332 g/mol. The molecular weight excluding hydrogens is 300 g/mol. The number of allylic oxidation sites excluding steroid dienone is 2. The molecule has 4 rings (SSSR count). The molecule has 24 heavy (non-hydrogen) atoms. The third-order valence-electron chi connectivity index (χ3n) is 8.30. The Morgan fingerprint density at radius 1 is 1.21 bits per heavy atom. The van der Waals surface area contributed by atoms with Gasteiger partial charge in [0.05, 0.1) is 12.2 Å². The fourth-order valence-electron chi connectivity index (χ4n) is 6.78. The first-order valence-corrected chi connectivity index (χ1v) is 9.78. The van der Waals surface area contributed by atoms with Crippen LogP contribution in [0.15, 0.2) is 11.6 Å². The summed E-state index contributed by atoms with van der Waals surface area (Å²) in [7, 11) is 1.68. The number of aliphatic hydroxyl groups is 1. The largest absolute Gasteiger partial charge is 0.387 e. The van der Waals surface area contributed by atoms with Crippen LogP contribution in [-0.2, 0) is 9.53 Å². The Kier molecular flexibility index (Phi) is 3.78. The first-order chi connectivity index (χ1) is 11.3. The summed E-state index contributed by atoms with van der Waals surface area (Å²) in [5, 5.41) is 10.9. The van der Waals surface area contributed by atoms with E-state index in [0.717, 1.165) is 38.5 Å². The van der Waals surface area contributed by atoms with Gasteiger partial charge in [0.2, 0.25) is 0 Å². The van der Waals surface area contributed by atoms with Gasteiger partial charge in [0.15, 0.2) is 0 Å². The van der Waals surface area contributed by atoms with E-state index in [9.17, 15) is 9.90 Å². The van der Waals surface area contributed by atoms with Crippen LogP contribution in [0.4, 0.5) is 0 Å². The van der Waals surface area contributed by atoms with Gasteiger partial charge in [0, 0.05) is 18.9 Å². The lowest BCUT2D eigenvalue weighted by Gasteiger charge is -2.57. The van der Waals surface area contributed by atoms with E-state index in [1.54, 1.807) is 12.7 Å². The van der Waals surface area contributed by atoms with Crippen LogP contribution < -0.4 is 0 Å². The molecule has 3 heteroatoms. The zero-order valence-electron chi connectivity index (χ0n) is 15.4. The number of fused-ring (bicyclic) bond motifs is 5. The lowest BCUT2D eigenvalue weighted by atomic mass is 9.48. The van der Waals surface area contributed by atoms with Crippen LogP contribution in [0.1, 0.15) is 65.2 Å². The van der Waals surface area contributed by atoms with Crippen LogP contribution in [0.2, 0.25) is 0 Å². The molecule has 3 nitrogen and oxygen atoms in total. The molecule has 0 aromatic heterocycles. The van der Waals surface area contributed by atoms with Crippen molar-refractivity contribution < 1.29 is 14.6 Å². The summed E-state index contributed by atoms with van der Waals surface area (Å²) in [6, 6.07) is 0. The van der Waals surface area contributed by atoms with E-state index in [-0.39, 0.29) is 10.8 Å². The molecule has 4 aliphatic carbocycles. The molecule has 0 spiro atoms. The van der Waals surface area contributed by atoms with Gasteiger partial charge in [-0.1, -0.05) is 25.5 Å². The zero-order valence-corrected chi connectivity index (χ0v) is 15.4. The molecule has 134 valence electrons. The van der Waals surface area contributed by atoms with Crippen LogP contribution >= 0.6 is 0 Å². The number of hydrogen-bond acceptors (Lipinski definition) is 3. The van der Waals surface area contributed by atoms with E-state index in [0.29, 0.717) is 30.1 Å². The van der Waals surface area contributed by atoms with Gasteiger partial charge in [-0.2, -0.15) is 0 Å². The van der Waals surface area contributed by atoms with Crippen molar-refractivity contribution in [2.45, 2.75) is 70.8 Å². The quantitative estimate of drug-likeness (QED) is 0.780. The van der Waals surface area contributed by atoms with Gasteiger partial charge >= 0.3 is 0 Å². The number of Topliss-reactive ketones (excluding diaryl/α,β-unsaturated/α-hetero) is 1. The van der Waals surface area contributed by atoms with E-state index < -0.39 is 5.60 Å². The summed E-state index contributed by atoms with van der Waals surface area (Å²) >= 11 is 0. The maximum atomic E-state index is 12.4. The standard InChI is InChI=1S/C21H32O3/c1-19-10-11-21(23,13-24-3)12-14(19)4-5-15-16-6-7-18(22)20(16,2)9-8-17(15)19/h8,14-16,23H,4-7,9-13H2,1-3H3/t14-,15+,16+,19+,20+,21-/m1/s1. The first-order valence-electron chi connectivity index (χ1n) is 9.78. The molecule has 0 saturated heterocycles. The van der Waals surface area contributed by atoms with E-state index in [2.05, 4.69) is 19.9 Å². The van der Waals surface area contributed by atoms with Crippen molar-refractivity contribution in [3.63, 3.8) is 0 Å². The minimum atomic E-state index is -0.640. The molecule has 0 aromatic carbocycles. The maximum absolute atomic E-state index is 12.4. The van der Waals surface area contributed by atoms with Gasteiger partial charge in [-0.3, -0.25) is 4.79 Å². The molecule has 0 aromatic rings. The van der Waals surface area contributed by atoms with Gasteiger partial charge < -0.3 is 9.84 Å². The summed E-state index contributed by atoms with van der Waals surface area (Å²) in [4.78, 5) is 12.4. The number of carbonyl (C=O) groups excluding carboxylic acids is 1. The van der Waals surface area contributed by atoms with Gasteiger partial charge in [-0.05, 0) is 68.1 Å². The minimum absolute atomic E-state index is 0.0944. The van der Waals surface area contributed by atoms with Gasteiger partial charge in [-0.25, -0.2) is 0 Å². The lowest BCUT2D eigenvalue weighted by molar-refractivity contribution is -0.128. The van der Waals surface area contributed by atoms with E-state index in [1.807, 2.05) is 0 Å². The van der Waals surface area contributed by atoms with Crippen molar-refractivity contribution in [3.05, 3.63) is 11.6 Å². The third kappa shape index (κ3) is 2.20. The number of methoxy groups -OCH3 is 1. The Morgan fingerprint density at radius 3 is 2.75 bits per heavy atom. The first kappa shape index (κ1) is 16.8. The molecule has 0 aliphatic heterocycles. The molecule has 0 radical (unpaired) electrons. The smallest absolute Gasteiger partial charge is 0.139 e. The van der Waals surface area contributed by atoms with E-state index in [1.165, 1.54) is 12.8 Å². The van der Waals surface area contributed by atoms with Crippen LogP contribution in [0.5, 0.6) is 0 Å². The van der Waals surface area contributed by atoms with Gasteiger partial charge in [0.25, 0.3) is 0 Å². The van der Waals surface area contributed by atoms with Crippen molar-refractivity contribution in [1.82, 2.24) is 0 Å². The monoisotopic (exact) mass is 332 g/mol. The van der Waals surface area contributed by atoms with Crippen molar-refractivity contribution in [1.29, 1.82) is 0 Å². The van der Waals surface area contributed by atoms with Crippen molar-refractivity contribution in [2.75, 3.05) is 13.7 Å². The van der Waals surface area contributed by atoms with Crippen LogP contribution in [0.25, 0.3) is 0 Å². The second-order valence-corrected chi connectivity index (χ2v) is 9.51. The molecule has 0 unspecified atom stereocenters. The summed E-state index contributed by atoms with van der Waals surface area (Å²) < 4.78 is 5.28. The Hall–Kier alpha value is -0.670. The predicted octanol–water partition coefficient (Wildman–Crippen LogP) is 3.90. The molecule has 4 aliphatic rings. The number of hydrogen-bond donors (Lipinski definition) is 1. The normalized spacial score (nSPS) is 50.8. The molecular formula is C21H32O3. The fourth-order valence-corrected chi connectivity index (χ4v) is 6.78. The molecule has 3 saturated carbocycles. The SMILES string of the molecule is COC[C@@]1(O)CC[C@]2(C)C3=CC[C@]4(C)C(=O)CC[C@H]4[C@@H]3CC[C@@H]2C1. The summed E-state index contributed by atoms with van der Waals surface area (Å²) in [5.74, 6) is 2.20. The minimum Gasteiger partial charge on any atom is -0.387 e. The molecule has 0 bridgehead atoms. The van der Waals surface area contributed by atoms with Gasteiger partial charge in [-0.15, -0.1) is 0 Å². The highest BCUT2D eigenvalue weighted by molar-refractivity contribution is 5.87. The van der Waals surface area contributed by atoms with Crippen LogP contribution in [-0.4, -0.2) is 30.2 Å². The van der Waals surface area contributed by atoms with Crippen molar-refractivity contribution in [2.24, 2.45) is 28.6 Å². The molecule has 0 heterocycles. The lowest BCUT2D eigenvalue weighted by Crippen LogP contribution is -2.52. The summed E-state index contributed by atoms with van der Waals surface area (Å²) in [6.45, 7) is 5.10. The second kappa shape index (κ2) is 5.41. The highest BCUT2D eigenvalue weighted by Gasteiger charge is 2.58. The van der Waals surface area contributed by atoms with Gasteiger partial charge in [0.1, 0.15) is 5.78 Å². The van der Waals surface area contributed by atoms with E-state index in [4.69, 9.17) is 4.74 Å². The number of ketones is 1. The average Bonchev–Trinajstić information content (AvgIpc) is 2.84. The fraction of sp³-hybridized carbons (Fsp3) is 0.857. The summed E-state index contributed by atoms with van der Waals surface area (Å²) in [6.07, 6.45) is 10.4. The third-order valence-corrected chi connectivity index (χ3v) is 8.30. The topological polar surface area (TPSA) is 46.5 Å². The highest BCUT2D eigenvalue weighted by atomic mass is 16.5. The van der Waals surface area contributed by atoms with Crippen molar-refractivity contribution >= 4 is 5.78 Å². The molecule has 6 atom stereocenters. The number of carbonyl (C=O) groups is 1. The highest BCUT2D eigenvalue weighted by Crippen LogP contribution is 2.64. The summed E-state index contributed by atoms with van der Waals surface area (Å²) in [5.41, 5.74) is 1.12. The Bertz CT molecular complexity index is 582. The maximum Gasteiger partial charge on any atom is 0.139 e. The second-order valence-electron chi connectivity index (χ2n) is 9.51. The van der Waals surface area contributed by atoms with Crippen molar-refractivity contribution in [3.8, 4) is 0 Å². The van der Waals surface area contributed by atoms with Crippen LogP contribution in [0, 0.1) is 28.6 Å². The Balaban J connectivity index is 1.63.